The van der Waals surface area contributed by atoms with Gasteiger partial charge in [0.2, 0.25) is 0 Å². The van der Waals surface area contributed by atoms with Crippen molar-refractivity contribution in [2.24, 2.45) is 0 Å². The number of rotatable bonds is 4. The average Bonchev–Trinajstić information content (AvgIpc) is 2.79. The van der Waals surface area contributed by atoms with Crippen LogP contribution in [0.25, 0.3) is 0 Å². The molecule has 1 N–H and O–H groups in total. The van der Waals surface area contributed by atoms with E-state index < -0.39 is 0 Å². The van der Waals surface area contributed by atoms with Crippen molar-refractivity contribution < 1.29 is 5.11 Å². The maximum atomic E-state index is 9.80. The van der Waals surface area contributed by atoms with E-state index in [2.05, 4.69) is 47.1 Å². The number of nitrogens with zero attached hydrogens (tertiary/aromatic N) is 2. The summed E-state index contributed by atoms with van der Waals surface area (Å²) < 4.78 is 0. The first-order chi connectivity index (χ1) is 9.72. The van der Waals surface area contributed by atoms with Crippen molar-refractivity contribution in [3.05, 3.63) is 35.9 Å². The van der Waals surface area contributed by atoms with Gasteiger partial charge in [0.15, 0.2) is 0 Å². The molecular formula is C17H26N2O. The van der Waals surface area contributed by atoms with Crippen molar-refractivity contribution in [2.75, 3.05) is 26.2 Å². The van der Waals surface area contributed by atoms with Crippen LogP contribution in [-0.2, 0) is 6.42 Å². The number of piperazine rings is 1. The van der Waals surface area contributed by atoms with E-state index in [1.54, 1.807) is 0 Å². The lowest BCUT2D eigenvalue weighted by Crippen LogP contribution is -2.55. The summed E-state index contributed by atoms with van der Waals surface area (Å²) in [6.07, 6.45) is 3.25. The molecule has 2 heterocycles. The van der Waals surface area contributed by atoms with Crippen LogP contribution in [0, 0.1) is 0 Å². The van der Waals surface area contributed by atoms with Gasteiger partial charge in [-0.15, -0.1) is 0 Å². The van der Waals surface area contributed by atoms with Crippen molar-refractivity contribution in [1.82, 2.24) is 9.80 Å². The lowest BCUT2D eigenvalue weighted by Gasteiger charge is -2.42. The zero-order valence-corrected chi connectivity index (χ0v) is 12.4. The van der Waals surface area contributed by atoms with Gasteiger partial charge in [0.1, 0.15) is 0 Å². The van der Waals surface area contributed by atoms with E-state index >= 15 is 0 Å². The summed E-state index contributed by atoms with van der Waals surface area (Å²) in [5.74, 6) is 0. The first-order valence-electron chi connectivity index (χ1n) is 7.92. The van der Waals surface area contributed by atoms with E-state index in [0.29, 0.717) is 12.1 Å². The zero-order valence-electron chi connectivity index (χ0n) is 12.4. The highest BCUT2D eigenvalue weighted by Crippen LogP contribution is 2.25. The fraction of sp³-hybridized carbons (Fsp3) is 0.647. The van der Waals surface area contributed by atoms with Gasteiger partial charge in [-0.2, -0.15) is 0 Å². The smallest absolute Gasteiger partial charge is 0.0682 e. The molecular weight excluding hydrogens is 248 g/mol. The van der Waals surface area contributed by atoms with E-state index in [4.69, 9.17) is 0 Å². The summed E-state index contributed by atoms with van der Waals surface area (Å²) in [4.78, 5) is 5.09. The molecule has 3 atom stereocenters. The second kappa shape index (κ2) is 6.25. The Kier molecular flexibility index (Phi) is 4.39. The molecule has 2 saturated heterocycles. The van der Waals surface area contributed by atoms with E-state index in [-0.39, 0.29) is 6.10 Å². The maximum Gasteiger partial charge on any atom is 0.0682 e. The van der Waals surface area contributed by atoms with Crippen LogP contribution in [0.5, 0.6) is 0 Å². The molecule has 0 aliphatic carbocycles. The fourth-order valence-corrected chi connectivity index (χ4v) is 3.72. The average molecular weight is 274 g/mol. The Morgan fingerprint density at radius 3 is 2.75 bits per heavy atom. The highest BCUT2D eigenvalue weighted by atomic mass is 16.3. The number of hydrogen-bond acceptors (Lipinski definition) is 3. The van der Waals surface area contributed by atoms with Crippen molar-refractivity contribution in [1.29, 1.82) is 0 Å². The van der Waals surface area contributed by atoms with Gasteiger partial charge in [0.25, 0.3) is 0 Å². The van der Waals surface area contributed by atoms with Crippen molar-refractivity contribution in [3.8, 4) is 0 Å². The lowest BCUT2D eigenvalue weighted by atomic mass is 10.1. The molecule has 110 valence electrons. The van der Waals surface area contributed by atoms with Crippen LogP contribution in [0.1, 0.15) is 25.3 Å². The van der Waals surface area contributed by atoms with Crippen LogP contribution in [0.2, 0.25) is 0 Å². The Hall–Kier alpha value is -0.900. The van der Waals surface area contributed by atoms with E-state index in [1.165, 1.54) is 24.9 Å². The van der Waals surface area contributed by atoms with Crippen LogP contribution in [0.4, 0.5) is 0 Å². The molecule has 0 bridgehead atoms. The lowest BCUT2D eigenvalue weighted by molar-refractivity contribution is 0.0576. The van der Waals surface area contributed by atoms with Gasteiger partial charge in [-0.1, -0.05) is 30.3 Å². The minimum Gasteiger partial charge on any atom is -0.392 e. The van der Waals surface area contributed by atoms with Gasteiger partial charge in [-0.05, 0) is 38.3 Å². The summed E-state index contributed by atoms with van der Waals surface area (Å²) in [6.45, 7) is 6.63. The summed E-state index contributed by atoms with van der Waals surface area (Å²) in [7, 11) is 0. The van der Waals surface area contributed by atoms with Crippen LogP contribution < -0.4 is 0 Å². The van der Waals surface area contributed by atoms with Crippen molar-refractivity contribution in [2.45, 2.75) is 44.4 Å². The molecule has 2 aliphatic rings. The predicted octanol–water partition coefficient (Wildman–Crippen LogP) is 1.76. The van der Waals surface area contributed by atoms with Gasteiger partial charge in [-0.25, -0.2) is 0 Å². The normalized spacial score (nSPS) is 31.4. The number of fused-ring (bicyclic) bond motifs is 1. The third kappa shape index (κ3) is 3.22. The molecule has 3 heteroatoms. The molecule has 20 heavy (non-hydrogen) atoms. The maximum absolute atomic E-state index is 9.80. The second-order valence-corrected chi connectivity index (χ2v) is 6.43. The number of hydrogen-bond donors (Lipinski definition) is 1. The number of aliphatic hydroxyl groups excluding tert-OH is 1. The monoisotopic (exact) mass is 274 g/mol. The molecule has 3 nitrogen and oxygen atoms in total. The first-order valence-corrected chi connectivity index (χ1v) is 7.92. The van der Waals surface area contributed by atoms with Crippen LogP contribution >= 0.6 is 0 Å². The molecule has 1 aromatic carbocycles. The minimum absolute atomic E-state index is 0.100. The molecule has 2 fully saturated rings. The summed E-state index contributed by atoms with van der Waals surface area (Å²) >= 11 is 0. The van der Waals surface area contributed by atoms with Crippen molar-refractivity contribution in [3.63, 3.8) is 0 Å². The molecule has 3 rings (SSSR count). The highest BCUT2D eigenvalue weighted by Gasteiger charge is 2.37. The first kappa shape index (κ1) is 14.1. The Morgan fingerprint density at radius 2 is 1.95 bits per heavy atom. The van der Waals surface area contributed by atoms with Crippen LogP contribution in [0.3, 0.4) is 0 Å². The van der Waals surface area contributed by atoms with E-state index in [1.807, 2.05) is 0 Å². The Morgan fingerprint density at radius 1 is 1.15 bits per heavy atom. The molecule has 1 unspecified atom stereocenters. The molecule has 1 aromatic rings. The summed E-state index contributed by atoms with van der Waals surface area (Å²) in [6, 6.07) is 12.0. The Bertz CT molecular complexity index is 422. The topological polar surface area (TPSA) is 26.7 Å². The summed E-state index contributed by atoms with van der Waals surface area (Å²) in [5.41, 5.74) is 1.44. The van der Waals surface area contributed by atoms with Gasteiger partial charge in [0.05, 0.1) is 6.10 Å². The molecule has 0 spiro atoms. The quantitative estimate of drug-likeness (QED) is 0.906. The Labute approximate surface area is 122 Å². The minimum atomic E-state index is -0.100. The summed E-state index contributed by atoms with van der Waals surface area (Å²) in [5, 5.41) is 9.80. The molecule has 0 saturated carbocycles. The van der Waals surface area contributed by atoms with E-state index in [9.17, 15) is 5.11 Å². The molecule has 0 radical (unpaired) electrons. The van der Waals surface area contributed by atoms with Crippen LogP contribution in [0.15, 0.2) is 30.3 Å². The van der Waals surface area contributed by atoms with Crippen molar-refractivity contribution >= 4 is 0 Å². The Balaban J connectivity index is 1.48. The molecule has 0 aromatic heterocycles. The fourth-order valence-electron chi connectivity index (χ4n) is 3.72. The molecule has 2 aliphatic heterocycles. The van der Waals surface area contributed by atoms with Gasteiger partial charge in [-0.3, -0.25) is 9.80 Å². The highest BCUT2D eigenvalue weighted by molar-refractivity contribution is 5.14. The number of aryl methyl sites for hydroxylation is 1. The number of aliphatic hydroxyl groups is 1. The van der Waals surface area contributed by atoms with Gasteiger partial charge < -0.3 is 5.11 Å². The zero-order chi connectivity index (χ0) is 13.9. The SMILES string of the molecule is C[C@@H]1CN2C[C@H](O)CC2CN1CCCc1ccccc1. The van der Waals surface area contributed by atoms with E-state index in [0.717, 1.165) is 26.1 Å². The largest absolute Gasteiger partial charge is 0.392 e. The van der Waals surface area contributed by atoms with Crippen LogP contribution in [-0.4, -0.2) is 59.3 Å². The molecule has 0 amide bonds. The second-order valence-electron chi connectivity index (χ2n) is 6.43. The number of benzene rings is 1. The standard InChI is InChI=1S/C17H26N2O/c1-14-11-19-13-17(20)10-16(19)12-18(14)9-5-8-15-6-3-2-4-7-15/h2-4,6-7,14,16-17,20H,5,8-13H2,1H3/t14-,16?,17-/m1/s1. The third-order valence-electron chi connectivity index (χ3n) is 4.83. The predicted molar refractivity (Wildman–Crippen MR) is 81.8 cm³/mol. The third-order valence-corrected chi connectivity index (χ3v) is 4.83. The van der Waals surface area contributed by atoms with Gasteiger partial charge >= 0.3 is 0 Å². The van der Waals surface area contributed by atoms with Gasteiger partial charge in [0, 0.05) is 31.7 Å².